The maximum absolute atomic E-state index is 11.7. The molecular weight excluding hydrogens is 361 g/mol. The Bertz CT molecular complexity index is 636. The summed E-state index contributed by atoms with van der Waals surface area (Å²) in [5, 5.41) is 0. The van der Waals surface area contributed by atoms with E-state index >= 15 is 0 Å². The van der Waals surface area contributed by atoms with E-state index < -0.39 is 6.36 Å². The number of methoxy groups -OCH3 is 2. The molecule has 0 N–H and O–H groups in total. The van der Waals surface area contributed by atoms with Crippen LogP contribution >= 0.6 is 0 Å². The smallest absolute Gasteiger partial charge is 0.481 e. The predicted octanol–water partition coefficient (Wildman–Crippen LogP) is 5.75. The maximum Gasteiger partial charge on any atom is 0.573 e. The largest absolute Gasteiger partial charge is 0.573 e. The molecule has 27 heavy (non-hydrogen) atoms. The molecule has 0 aliphatic rings. The highest BCUT2D eigenvalue weighted by Crippen LogP contribution is 2.22. The van der Waals surface area contributed by atoms with E-state index in [1.54, 1.807) is 26.3 Å². The normalized spacial score (nSPS) is 9.30. The fourth-order valence-electron chi connectivity index (χ4n) is 1.53. The molecule has 0 atom stereocenters. The maximum atomic E-state index is 11.7. The highest BCUT2D eigenvalue weighted by Gasteiger charge is 2.30. The van der Waals surface area contributed by atoms with Crippen molar-refractivity contribution in [2.45, 2.75) is 47.9 Å². The van der Waals surface area contributed by atoms with E-state index in [4.69, 9.17) is 9.47 Å². The average molecular weight is 390 g/mol. The van der Waals surface area contributed by atoms with Crippen LogP contribution in [0, 0.1) is 13.8 Å². The lowest BCUT2D eigenvalue weighted by Crippen LogP contribution is -2.17. The number of halogens is 3. The Morgan fingerprint density at radius 3 is 1.96 bits per heavy atom. The lowest BCUT2D eigenvalue weighted by atomic mass is 10.2. The average Bonchev–Trinajstić information content (AvgIpc) is 2.64. The molecule has 0 radical (unpaired) electrons. The number of alkyl halides is 3. The summed E-state index contributed by atoms with van der Waals surface area (Å²) in [7, 11) is 3.08. The van der Waals surface area contributed by atoms with E-state index in [0.717, 1.165) is 11.1 Å². The van der Waals surface area contributed by atoms with Crippen LogP contribution in [0.2, 0.25) is 0 Å². The topological polar surface area (TPSA) is 53.5 Å². The predicted molar refractivity (Wildman–Crippen MR) is 100 cm³/mol. The third-order valence-electron chi connectivity index (χ3n) is 2.50. The van der Waals surface area contributed by atoms with Crippen molar-refractivity contribution in [1.82, 2.24) is 9.97 Å². The Balaban J connectivity index is 0. The van der Waals surface area contributed by atoms with Gasteiger partial charge in [-0.3, -0.25) is 0 Å². The monoisotopic (exact) mass is 390 g/mol. The molecular formula is C19H29F3N2O3. The molecule has 1 aromatic carbocycles. The molecule has 0 saturated heterocycles. The molecule has 0 aliphatic carbocycles. The summed E-state index contributed by atoms with van der Waals surface area (Å²) in [5.41, 5.74) is 1.63. The minimum Gasteiger partial charge on any atom is -0.481 e. The van der Waals surface area contributed by atoms with Gasteiger partial charge in [-0.1, -0.05) is 39.8 Å². The first-order valence-corrected chi connectivity index (χ1v) is 8.49. The summed E-state index contributed by atoms with van der Waals surface area (Å²) < 4.78 is 48.4. The molecule has 2 aromatic rings. The van der Waals surface area contributed by atoms with Crippen LogP contribution < -0.4 is 14.2 Å². The van der Waals surface area contributed by atoms with Crippen molar-refractivity contribution in [3.63, 3.8) is 0 Å². The van der Waals surface area contributed by atoms with Crippen LogP contribution in [0.3, 0.4) is 0 Å². The minimum absolute atomic E-state index is 0.178. The molecule has 0 unspecified atom stereocenters. The van der Waals surface area contributed by atoms with Crippen molar-refractivity contribution in [2.24, 2.45) is 0 Å². The SMILES string of the molecule is CC.CC.COc1ncc(C)c(OC)n1.Cc1cccc(OC(F)(F)F)c1. The van der Waals surface area contributed by atoms with Crippen molar-refractivity contribution in [3.05, 3.63) is 41.6 Å². The van der Waals surface area contributed by atoms with Crippen LogP contribution in [0.4, 0.5) is 13.2 Å². The summed E-state index contributed by atoms with van der Waals surface area (Å²) in [5.74, 6) is 0.374. The summed E-state index contributed by atoms with van der Waals surface area (Å²) in [6.45, 7) is 11.6. The molecule has 0 saturated carbocycles. The van der Waals surface area contributed by atoms with Gasteiger partial charge in [-0.15, -0.1) is 13.2 Å². The van der Waals surface area contributed by atoms with E-state index in [2.05, 4.69) is 14.7 Å². The molecule has 0 amide bonds. The van der Waals surface area contributed by atoms with Crippen molar-refractivity contribution in [3.8, 4) is 17.6 Å². The molecule has 0 fully saturated rings. The lowest BCUT2D eigenvalue weighted by molar-refractivity contribution is -0.274. The molecule has 154 valence electrons. The van der Waals surface area contributed by atoms with Gasteiger partial charge in [0.25, 0.3) is 0 Å². The summed E-state index contributed by atoms with van der Waals surface area (Å²) in [6, 6.07) is 6.13. The van der Waals surface area contributed by atoms with Crippen LogP contribution in [0.15, 0.2) is 30.5 Å². The van der Waals surface area contributed by atoms with Gasteiger partial charge in [0.05, 0.1) is 14.2 Å². The van der Waals surface area contributed by atoms with E-state index in [0.29, 0.717) is 11.9 Å². The van der Waals surface area contributed by atoms with Gasteiger partial charge in [-0.05, 0) is 31.5 Å². The fourth-order valence-corrected chi connectivity index (χ4v) is 1.53. The Kier molecular flexibility index (Phi) is 14.5. The van der Waals surface area contributed by atoms with Crippen molar-refractivity contribution in [2.75, 3.05) is 14.2 Å². The van der Waals surface area contributed by atoms with Crippen LogP contribution in [0.5, 0.6) is 17.6 Å². The highest BCUT2D eigenvalue weighted by molar-refractivity contribution is 5.27. The van der Waals surface area contributed by atoms with Gasteiger partial charge in [0.1, 0.15) is 5.75 Å². The first kappa shape index (κ1) is 26.7. The van der Waals surface area contributed by atoms with Crippen LogP contribution in [-0.2, 0) is 0 Å². The second-order valence-corrected chi connectivity index (χ2v) is 4.41. The highest BCUT2D eigenvalue weighted by atomic mass is 19.4. The first-order valence-electron chi connectivity index (χ1n) is 8.49. The van der Waals surface area contributed by atoms with Gasteiger partial charge in [0.2, 0.25) is 5.88 Å². The Hall–Kier alpha value is -2.51. The Labute approximate surface area is 159 Å². The van der Waals surface area contributed by atoms with Gasteiger partial charge < -0.3 is 14.2 Å². The van der Waals surface area contributed by atoms with Crippen LogP contribution in [0.1, 0.15) is 38.8 Å². The van der Waals surface area contributed by atoms with Gasteiger partial charge in [0, 0.05) is 11.8 Å². The fraction of sp³-hybridized carbons (Fsp3) is 0.474. The number of rotatable bonds is 3. The van der Waals surface area contributed by atoms with Crippen molar-refractivity contribution < 1.29 is 27.4 Å². The Morgan fingerprint density at radius 1 is 0.926 bits per heavy atom. The second-order valence-electron chi connectivity index (χ2n) is 4.41. The van der Waals surface area contributed by atoms with Gasteiger partial charge >= 0.3 is 12.4 Å². The van der Waals surface area contributed by atoms with E-state index in [9.17, 15) is 13.2 Å². The number of ether oxygens (including phenoxy) is 3. The first-order chi connectivity index (χ1) is 12.7. The second kappa shape index (κ2) is 14.6. The molecule has 2 rings (SSSR count). The Morgan fingerprint density at radius 2 is 1.52 bits per heavy atom. The zero-order valence-electron chi connectivity index (χ0n) is 17.1. The van der Waals surface area contributed by atoms with Gasteiger partial charge in [-0.25, -0.2) is 4.98 Å². The number of aromatic nitrogens is 2. The zero-order chi connectivity index (χ0) is 21.5. The minimum atomic E-state index is -4.60. The summed E-state index contributed by atoms with van der Waals surface area (Å²) in [4.78, 5) is 7.85. The molecule has 5 nitrogen and oxygen atoms in total. The van der Waals surface area contributed by atoms with E-state index in [1.165, 1.54) is 25.3 Å². The van der Waals surface area contributed by atoms with Gasteiger partial charge in [-0.2, -0.15) is 4.98 Å². The van der Waals surface area contributed by atoms with E-state index in [-0.39, 0.29) is 5.75 Å². The van der Waals surface area contributed by atoms with Gasteiger partial charge in [0.15, 0.2) is 0 Å². The van der Waals surface area contributed by atoms with Crippen molar-refractivity contribution >= 4 is 0 Å². The standard InChI is InChI=1S/C8H7F3O.C7H10N2O2.2C2H6/c1-6-3-2-4-7(5-6)12-8(9,10)11;1-5-4-8-7(11-3)9-6(5)10-2;2*1-2/h2-5H,1H3;4H,1-3H3;2*1-2H3. The molecule has 1 aromatic heterocycles. The molecule has 0 aliphatic heterocycles. The number of benzene rings is 1. The lowest BCUT2D eigenvalue weighted by Gasteiger charge is -2.08. The quantitative estimate of drug-likeness (QED) is 0.668. The summed E-state index contributed by atoms with van der Waals surface area (Å²) in [6.07, 6.45) is -2.95. The third kappa shape index (κ3) is 12.5. The summed E-state index contributed by atoms with van der Waals surface area (Å²) >= 11 is 0. The third-order valence-corrected chi connectivity index (χ3v) is 2.50. The molecule has 0 bridgehead atoms. The number of hydrogen-bond donors (Lipinski definition) is 0. The molecule has 0 spiro atoms. The van der Waals surface area contributed by atoms with Crippen LogP contribution in [0.25, 0.3) is 0 Å². The molecule has 1 heterocycles. The number of aryl methyl sites for hydroxylation is 2. The van der Waals surface area contributed by atoms with Crippen LogP contribution in [-0.4, -0.2) is 30.5 Å². The number of nitrogens with zero attached hydrogens (tertiary/aromatic N) is 2. The zero-order valence-corrected chi connectivity index (χ0v) is 17.1. The molecule has 8 heteroatoms. The van der Waals surface area contributed by atoms with Crippen molar-refractivity contribution in [1.29, 1.82) is 0 Å². The van der Waals surface area contributed by atoms with E-state index in [1.807, 2.05) is 34.6 Å². The number of hydrogen-bond acceptors (Lipinski definition) is 5.